The van der Waals surface area contributed by atoms with Crippen molar-refractivity contribution in [1.29, 1.82) is 0 Å². The van der Waals surface area contributed by atoms with Crippen LogP contribution in [0.25, 0.3) is 0 Å². The Labute approximate surface area is 202 Å². The number of rotatable bonds is 7. The van der Waals surface area contributed by atoms with Gasteiger partial charge in [0.1, 0.15) is 0 Å². The SMILES string of the molecule is O=C(Nc1ccc(Cl)cc1C(=O)c1ccccc1)c1cccc(NS(=O)(=O)c2ccccc2)c1. The molecule has 0 aliphatic carbocycles. The minimum atomic E-state index is -3.81. The summed E-state index contributed by atoms with van der Waals surface area (Å²) in [5.74, 6) is -0.798. The first kappa shape index (κ1) is 23.2. The average Bonchev–Trinajstić information content (AvgIpc) is 2.85. The van der Waals surface area contributed by atoms with Gasteiger partial charge in [0.2, 0.25) is 0 Å². The predicted molar refractivity (Wildman–Crippen MR) is 133 cm³/mol. The van der Waals surface area contributed by atoms with Crippen LogP contribution in [0.3, 0.4) is 0 Å². The van der Waals surface area contributed by atoms with Crippen LogP contribution in [0.2, 0.25) is 5.02 Å². The van der Waals surface area contributed by atoms with E-state index >= 15 is 0 Å². The molecule has 8 heteroatoms. The molecular weight excluding hydrogens is 472 g/mol. The van der Waals surface area contributed by atoms with Crippen molar-refractivity contribution in [1.82, 2.24) is 0 Å². The van der Waals surface area contributed by atoms with Crippen molar-refractivity contribution in [2.24, 2.45) is 0 Å². The third kappa shape index (κ3) is 5.33. The zero-order valence-corrected chi connectivity index (χ0v) is 19.3. The first-order chi connectivity index (χ1) is 16.3. The maximum atomic E-state index is 13.0. The Morgan fingerprint density at radius 1 is 0.706 bits per heavy atom. The van der Waals surface area contributed by atoms with Crippen LogP contribution in [0.1, 0.15) is 26.3 Å². The summed E-state index contributed by atoms with van der Waals surface area (Å²) in [5.41, 5.74) is 1.43. The summed E-state index contributed by atoms with van der Waals surface area (Å²) in [6, 6.07) is 27.3. The van der Waals surface area contributed by atoms with Gasteiger partial charge < -0.3 is 5.32 Å². The van der Waals surface area contributed by atoms with E-state index in [4.69, 9.17) is 11.6 Å². The Hall–Kier alpha value is -3.94. The second-order valence-corrected chi connectivity index (χ2v) is 9.46. The molecule has 0 aromatic heterocycles. The zero-order valence-electron chi connectivity index (χ0n) is 17.7. The van der Waals surface area contributed by atoms with Gasteiger partial charge in [0.25, 0.3) is 15.9 Å². The van der Waals surface area contributed by atoms with E-state index in [0.717, 1.165) is 0 Å². The Balaban J connectivity index is 1.58. The van der Waals surface area contributed by atoms with Gasteiger partial charge in [-0.25, -0.2) is 8.42 Å². The second-order valence-electron chi connectivity index (χ2n) is 7.34. The molecule has 4 rings (SSSR count). The van der Waals surface area contributed by atoms with Gasteiger partial charge in [-0.2, -0.15) is 0 Å². The predicted octanol–water partition coefficient (Wildman–Crippen LogP) is 5.62. The van der Waals surface area contributed by atoms with E-state index in [9.17, 15) is 18.0 Å². The fraction of sp³-hybridized carbons (Fsp3) is 0. The van der Waals surface area contributed by atoms with Crippen molar-refractivity contribution in [2.45, 2.75) is 4.90 Å². The molecule has 0 unspecified atom stereocenters. The van der Waals surface area contributed by atoms with E-state index in [2.05, 4.69) is 10.0 Å². The van der Waals surface area contributed by atoms with Crippen LogP contribution in [-0.4, -0.2) is 20.1 Å². The van der Waals surface area contributed by atoms with E-state index in [-0.39, 0.29) is 27.5 Å². The molecule has 0 spiro atoms. The summed E-state index contributed by atoms with van der Waals surface area (Å²) in [5, 5.41) is 3.09. The molecule has 0 fully saturated rings. The van der Waals surface area contributed by atoms with Gasteiger partial charge in [-0.15, -0.1) is 0 Å². The van der Waals surface area contributed by atoms with Crippen molar-refractivity contribution < 1.29 is 18.0 Å². The lowest BCUT2D eigenvalue weighted by Crippen LogP contribution is -2.16. The number of anilines is 2. The maximum absolute atomic E-state index is 13.0. The van der Waals surface area contributed by atoms with Crippen LogP contribution in [-0.2, 0) is 10.0 Å². The van der Waals surface area contributed by atoms with Crippen molar-refractivity contribution in [3.63, 3.8) is 0 Å². The number of carbonyl (C=O) groups excluding carboxylic acids is 2. The minimum absolute atomic E-state index is 0.107. The number of halogens is 1. The summed E-state index contributed by atoms with van der Waals surface area (Å²) >= 11 is 6.10. The van der Waals surface area contributed by atoms with Gasteiger partial charge in [0.05, 0.1) is 10.6 Å². The molecule has 0 atom stereocenters. The van der Waals surface area contributed by atoms with Gasteiger partial charge in [0, 0.05) is 27.4 Å². The third-order valence-corrected chi connectivity index (χ3v) is 6.57. The van der Waals surface area contributed by atoms with Gasteiger partial charge >= 0.3 is 0 Å². The van der Waals surface area contributed by atoms with E-state index in [1.54, 1.807) is 78.9 Å². The van der Waals surface area contributed by atoms with Gasteiger partial charge in [-0.1, -0.05) is 66.2 Å². The normalized spacial score (nSPS) is 11.0. The van der Waals surface area contributed by atoms with Crippen LogP contribution in [0.15, 0.2) is 108 Å². The number of amides is 1. The number of hydrogen-bond acceptors (Lipinski definition) is 4. The highest BCUT2D eigenvalue weighted by Crippen LogP contribution is 2.25. The molecular formula is C26H19ClN2O4S. The van der Waals surface area contributed by atoms with Crippen molar-refractivity contribution in [2.75, 3.05) is 10.0 Å². The molecule has 0 heterocycles. The van der Waals surface area contributed by atoms with Crippen LogP contribution < -0.4 is 10.0 Å². The van der Waals surface area contributed by atoms with Crippen LogP contribution in [0, 0.1) is 0 Å². The Kier molecular flexibility index (Phi) is 6.77. The summed E-state index contributed by atoms with van der Waals surface area (Å²) in [6.07, 6.45) is 0. The summed E-state index contributed by atoms with van der Waals surface area (Å²) in [7, 11) is -3.81. The molecule has 6 nitrogen and oxygen atoms in total. The summed E-state index contributed by atoms with van der Waals surface area (Å²) in [4.78, 5) is 26.1. The molecule has 0 aliphatic heterocycles. The van der Waals surface area contributed by atoms with Gasteiger partial charge in [0.15, 0.2) is 5.78 Å². The largest absolute Gasteiger partial charge is 0.321 e. The Bertz CT molecular complexity index is 1460. The number of sulfonamides is 1. The number of nitrogens with one attached hydrogen (secondary N) is 2. The molecule has 0 bridgehead atoms. The third-order valence-electron chi connectivity index (χ3n) is 4.94. The molecule has 170 valence electrons. The highest BCUT2D eigenvalue weighted by Gasteiger charge is 2.18. The standard InChI is InChI=1S/C26H19ClN2O4S/c27-20-14-15-24(23(17-20)25(30)18-8-3-1-4-9-18)28-26(31)19-10-7-11-21(16-19)29-34(32,33)22-12-5-2-6-13-22/h1-17,29H,(H,28,31). The lowest BCUT2D eigenvalue weighted by Gasteiger charge is -2.13. The van der Waals surface area contributed by atoms with Crippen LogP contribution in [0.4, 0.5) is 11.4 Å². The van der Waals surface area contributed by atoms with Crippen molar-refractivity contribution in [3.8, 4) is 0 Å². The first-order valence-corrected chi connectivity index (χ1v) is 12.1. The van der Waals surface area contributed by atoms with Gasteiger partial charge in [-0.05, 0) is 48.5 Å². The number of carbonyl (C=O) groups is 2. The first-order valence-electron chi connectivity index (χ1n) is 10.2. The van der Waals surface area contributed by atoms with E-state index in [1.807, 2.05) is 0 Å². The molecule has 0 aliphatic rings. The minimum Gasteiger partial charge on any atom is -0.321 e. The molecule has 1 amide bonds. The topological polar surface area (TPSA) is 92.3 Å². The van der Waals surface area contributed by atoms with E-state index in [0.29, 0.717) is 16.3 Å². The summed E-state index contributed by atoms with van der Waals surface area (Å²) in [6.45, 7) is 0. The molecule has 0 radical (unpaired) electrons. The van der Waals surface area contributed by atoms with Crippen LogP contribution in [0.5, 0.6) is 0 Å². The monoisotopic (exact) mass is 490 g/mol. The fourth-order valence-corrected chi connectivity index (χ4v) is 4.53. The maximum Gasteiger partial charge on any atom is 0.261 e. The molecule has 0 saturated carbocycles. The molecule has 4 aromatic rings. The number of hydrogen-bond donors (Lipinski definition) is 2. The molecule has 0 saturated heterocycles. The molecule has 4 aromatic carbocycles. The Morgan fingerprint density at radius 3 is 2.06 bits per heavy atom. The zero-order chi connectivity index (χ0) is 24.1. The Morgan fingerprint density at radius 2 is 1.35 bits per heavy atom. The second kappa shape index (κ2) is 9.91. The summed E-state index contributed by atoms with van der Waals surface area (Å²) < 4.78 is 27.7. The fourth-order valence-electron chi connectivity index (χ4n) is 3.29. The van der Waals surface area contributed by atoms with E-state index in [1.165, 1.54) is 24.3 Å². The number of ketones is 1. The van der Waals surface area contributed by atoms with Gasteiger partial charge in [-0.3, -0.25) is 14.3 Å². The van der Waals surface area contributed by atoms with Crippen molar-refractivity contribution >= 4 is 44.7 Å². The van der Waals surface area contributed by atoms with E-state index < -0.39 is 15.9 Å². The molecule has 2 N–H and O–H groups in total. The molecule has 34 heavy (non-hydrogen) atoms. The average molecular weight is 491 g/mol. The van der Waals surface area contributed by atoms with Crippen molar-refractivity contribution in [3.05, 3.63) is 125 Å². The highest BCUT2D eigenvalue weighted by molar-refractivity contribution is 7.92. The van der Waals surface area contributed by atoms with Crippen LogP contribution >= 0.6 is 11.6 Å². The lowest BCUT2D eigenvalue weighted by molar-refractivity contribution is 0.102. The lowest BCUT2D eigenvalue weighted by atomic mass is 10.0. The quantitative estimate of drug-likeness (QED) is 0.329. The number of benzene rings is 4. The highest BCUT2D eigenvalue weighted by atomic mass is 35.5. The smallest absolute Gasteiger partial charge is 0.261 e.